The molecule has 27 heavy (non-hydrogen) atoms. The Morgan fingerprint density at radius 3 is 2.52 bits per heavy atom. The second kappa shape index (κ2) is 8.59. The van der Waals surface area contributed by atoms with E-state index in [0.29, 0.717) is 16.0 Å². The minimum absolute atomic E-state index is 0.142. The van der Waals surface area contributed by atoms with Crippen molar-refractivity contribution in [3.05, 3.63) is 59.1 Å². The number of rotatable bonds is 6. The number of hydrogen-bond acceptors (Lipinski definition) is 5. The van der Waals surface area contributed by atoms with Crippen LogP contribution >= 0.6 is 23.4 Å². The fourth-order valence-corrected chi connectivity index (χ4v) is 3.45. The minimum Gasteiger partial charge on any atom is -0.462 e. The first-order valence-electron chi connectivity index (χ1n) is 8.55. The van der Waals surface area contributed by atoms with E-state index in [0.717, 1.165) is 16.8 Å². The second-order valence-electron chi connectivity index (χ2n) is 6.26. The van der Waals surface area contributed by atoms with Gasteiger partial charge in [0, 0.05) is 10.6 Å². The number of esters is 1. The molecule has 7 heteroatoms. The summed E-state index contributed by atoms with van der Waals surface area (Å²) in [6, 6.07) is 15.4. The van der Waals surface area contributed by atoms with Gasteiger partial charge in [-0.2, -0.15) is 0 Å². The van der Waals surface area contributed by atoms with E-state index in [4.69, 9.17) is 16.3 Å². The highest BCUT2D eigenvalue weighted by molar-refractivity contribution is 7.99. The molecule has 0 spiro atoms. The Balaban J connectivity index is 2.00. The van der Waals surface area contributed by atoms with E-state index in [2.05, 4.69) is 10.2 Å². The van der Waals surface area contributed by atoms with Crippen LogP contribution in [0, 0.1) is 6.92 Å². The number of aromatic nitrogens is 3. The molecule has 0 amide bonds. The van der Waals surface area contributed by atoms with Gasteiger partial charge >= 0.3 is 5.97 Å². The zero-order valence-corrected chi connectivity index (χ0v) is 16.9. The molecular weight excluding hydrogens is 382 g/mol. The lowest BCUT2D eigenvalue weighted by Crippen LogP contribution is -2.13. The molecule has 0 saturated heterocycles. The van der Waals surface area contributed by atoms with Crippen LogP contribution in [-0.4, -0.2) is 32.6 Å². The molecule has 1 aromatic heterocycles. The predicted octanol–water partition coefficient (Wildman–Crippen LogP) is 4.94. The van der Waals surface area contributed by atoms with Gasteiger partial charge in [0.2, 0.25) is 0 Å². The van der Waals surface area contributed by atoms with E-state index < -0.39 is 0 Å². The average molecular weight is 402 g/mol. The molecule has 5 nitrogen and oxygen atoms in total. The molecule has 0 saturated carbocycles. The lowest BCUT2D eigenvalue weighted by atomic mass is 10.1. The molecule has 0 fully saturated rings. The summed E-state index contributed by atoms with van der Waals surface area (Å²) in [7, 11) is 0. The number of carbonyl (C=O) groups is 1. The van der Waals surface area contributed by atoms with Gasteiger partial charge in [0.25, 0.3) is 0 Å². The van der Waals surface area contributed by atoms with Gasteiger partial charge in [0.05, 0.1) is 17.5 Å². The number of thioether (sulfide) groups is 1. The van der Waals surface area contributed by atoms with Crippen molar-refractivity contribution in [1.82, 2.24) is 14.8 Å². The lowest BCUT2D eigenvalue weighted by molar-refractivity contribution is -0.144. The van der Waals surface area contributed by atoms with Crippen molar-refractivity contribution in [3.8, 4) is 17.1 Å². The molecule has 0 N–H and O–H groups in total. The number of para-hydroxylation sites is 1. The van der Waals surface area contributed by atoms with Crippen molar-refractivity contribution in [2.45, 2.75) is 32.0 Å². The largest absolute Gasteiger partial charge is 0.462 e. The van der Waals surface area contributed by atoms with Gasteiger partial charge in [-0.25, -0.2) is 0 Å². The number of nitrogens with zero attached hydrogens (tertiary/aromatic N) is 3. The molecule has 3 rings (SSSR count). The van der Waals surface area contributed by atoms with E-state index in [1.807, 2.05) is 73.9 Å². The summed E-state index contributed by atoms with van der Waals surface area (Å²) in [5.41, 5.74) is 2.94. The Kier molecular flexibility index (Phi) is 6.19. The van der Waals surface area contributed by atoms with Gasteiger partial charge in [-0.1, -0.05) is 41.6 Å². The Labute approximate surface area is 167 Å². The fourth-order valence-electron chi connectivity index (χ4n) is 2.60. The summed E-state index contributed by atoms with van der Waals surface area (Å²) in [4.78, 5) is 11.9. The summed E-state index contributed by atoms with van der Waals surface area (Å²) in [5.74, 6) is 0.589. The average Bonchev–Trinajstić information content (AvgIpc) is 3.04. The number of aryl methyl sites for hydroxylation is 1. The van der Waals surface area contributed by atoms with Gasteiger partial charge in [0.15, 0.2) is 11.0 Å². The Morgan fingerprint density at radius 2 is 1.85 bits per heavy atom. The highest BCUT2D eigenvalue weighted by Crippen LogP contribution is 2.30. The standard InChI is InChI=1S/C20H20ClN3O2S/c1-13(2)26-18(25)12-27-20-23-22-19(15-8-10-16(21)11-9-15)24(20)17-7-5-4-6-14(17)3/h4-11,13H,12H2,1-3H3. The monoisotopic (exact) mass is 401 g/mol. The maximum absolute atomic E-state index is 11.9. The highest BCUT2D eigenvalue weighted by Gasteiger charge is 2.19. The molecule has 2 aromatic carbocycles. The Bertz CT molecular complexity index is 939. The molecule has 140 valence electrons. The van der Waals surface area contributed by atoms with Crippen LogP contribution in [0.4, 0.5) is 0 Å². The van der Waals surface area contributed by atoms with Crippen LogP contribution in [0.3, 0.4) is 0 Å². The van der Waals surface area contributed by atoms with E-state index in [9.17, 15) is 4.79 Å². The molecule has 0 aliphatic carbocycles. The fraction of sp³-hybridized carbons (Fsp3) is 0.250. The van der Waals surface area contributed by atoms with E-state index in [1.165, 1.54) is 11.8 Å². The first-order chi connectivity index (χ1) is 13.0. The number of carbonyl (C=O) groups excluding carboxylic acids is 1. The van der Waals surface area contributed by atoms with Gasteiger partial charge < -0.3 is 4.74 Å². The van der Waals surface area contributed by atoms with Crippen LogP contribution in [0.5, 0.6) is 0 Å². The maximum Gasteiger partial charge on any atom is 0.316 e. The molecule has 3 aromatic rings. The first kappa shape index (κ1) is 19.5. The smallest absolute Gasteiger partial charge is 0.316 e. The molecule has 0 atom stereocenters. The molecule has 0 aliphatic heterocycles. The third kappa shape index (κ3) is 4.70. The van der Waals surface area contributed by atoms with Crippen LogP contribution < -0.4 is 0 Å². The van der Waals surface area contributed by atoms with E-state index in [-0.39, 0.29) is 17.8 Å². The summed E-state index contributed by atoms with van der Waals surface area (Å²) in [6.45, 7) is 5.69. The van der Waals surface area contributed by atoms with Crippen molar-refractivity contribution in [2.75, 3.05) is 5.75 Å². The minimum atomic E-state index is -0.276. The maximum atomic E-state index is 11.9. The Hall–Kier alpha value is -2.31. The van der Waals surface area contributed by atoms with Gasteiger partial charge in [-0.05, 0) is 56.7 Å². The summed E-state index contributed by atoms with van der Waals surface area (Å²) in [5, 5.41) is 9.98. The zero-order valence-electron chi connectivity index (χ0n) is 15.3. The van der Waals surface area contributed by atoms with Crippen molar-refractivity contribution in [2.24, 2.45) is 0 Å². The van der Waals surface area contributed by atoms with Crippen molar-refractivity contribution in [1.29, 1.82) is 0 Å². The number of ether oxygens (including phenoxy) is 1. The SMILES string of the molecule is Cc1ccccc1-n1c(SCC(=O)OC(C)C)nnc1-c1ccc(Cl)cc1. The van der Waals surface area contributed by atoms with E-state index in [1.54, 1.807) is 0 Å². The normalized spacial score (nSPS) is 11.0. The molecule has 0 radical (unpaired) electrons. The van der Waals surface area contributed by atoms with Crippen molar-refractivity contribution >= 4 is 29.3 Å². The number of benzene rings is 2. The van der Waals surface area contributed by atoms with Crippen molar-refractivity contribution < 1.29 is 9.53 Å². The van der Waals surface area contributed by atoms with Crippen molar-refractivity contribution in [3.63, 3.8) is 0 Å². The molecule has 0 unspecified atom stereocenters. The van der Waals surface area contributed by atoms with Crippen LogP contribution in [-0.2, 0) is 9.53 Å². The van der Waals surface area contributed by atoms with Gasteiger partial charge in [-0.3, -0.25) is 9.36 Å². The second-order valence-corrected chi connectivity index (χ2v) is 7.64. The topological polar surface area (TPSA) is 57.0 Å². The zero-order chi connectivity index (χ0) is 19.4. The first-order valence-corrected chi connectivity index (χ1v) is 9.91. The number of hydrogen-bond donors (Lipinski definition) is 0. The number of halogens is 1. The van der Waals surface area contributed by atoms with Crippen LogP contribution in [0.25, 0.3) is 17.1 Å². The summed E-state index contributed by atoms with van der Waals surface area (Å²) < 4.78 is 7.18. The lowest BCUT2D eigenvalue weighted by Gasteiger charge is -2.13. The molecule has 0 bridgehead atoms. The third-order valence-corrected chi connectivity index (χ3v) is 4.93. The quantitative estimate of drug-likeness (QED) is 0.432. The van der Waals surface area contributed by atoms with Crippen LogP contribution in [0.2, 0.25) is 5.02 Å². The molecular formula is C20H20ClN3O2S. The predicted molar refractivity (Wildman–Crippen MR) is 108 cm³/mol. The van der Waals surface area contributed by atoms with Crippen LogP contribution in [0.1, 0.15) is 19.4 Å². The summed E-state index contributed by atoms with van der Waals surface area (Å²) >= 11 is 7.32. The third-order valence-electron chi connectivity index (χ3n) is 3.78. The van der Waals surface area contributed by atoms with Crippen LogP contribution in [0.15, 0.2) is 53.7 Å². The molecule has 1 heterocycles. The Morgan fingerprint density at radius 1 is 1.15 bits per heavy atom. The molecule has 0 aliphatic rings. The van der Waals surface area contributed by atoms with Gasteiger partial charge in [-0.15, -0.1) is 10.2 Å². The highest BCUT2D eigenvalue weighted by atomic mass is 35.5. The van der Waals surface area contributed by atoms with Gasteiger partial charge in [0.1, 0.15) is 0 Å². The summed E-state index contributed by atoms with van der Waals surface area (Å²) in [6.07, 6.45) is -0.142. The van der Waals surface area contributed by atoms with E-state index >= 15 is 0 Å².